The summed E-state index contributed by atoms with van der Waals surface area (Å²) in [5.74, 6) is 0.0884. The largest absolute Gasteiger partial charge is 0.383 e. The van der Waals surface area contributed by atoms with Crippen molar-refractivity contribution in [2.45, 2.75) is 50.0 Å². The molecule has 0 radical (unpaired) electrons. The lowest BCUT2D eigenvalue weighted by Gasteiger charge is -2.22. The van der Waals surface area contributed by atoms with Crippen molar-refractivity contribution in [1.82, 2.24) is 5.32 Å². The van der Waals surface area contributed by atoms with Gasteiger partial charge in [0, 0.05) is 26.7 Å². The Hall–Kier alpha value is -0.320. The highest BCUT2D eigenvalue weighted by Crippen LogP contribution is 2.16. The molecule has 1 saturated heterocycles. The van der Waals surface area contributed by atoms with Gasteiger partial charge in [0.15, 0.2) is 0 Å². The third kappa shape index (κ3) is 7.19. The molecule has 1 amide bonds. The fourth-order valence-electron chi connectivity index (χ4n) is 2.05. The lowest BCUT2D eigenvalue weighted by molar-refractivity contribution is -0.122. The van der Waals surface area contributed by atoms with Gasteiger partial charge in [-0.05, 0) is 32.1 Å². The van der Waals surface area contributed by atoms with Crippen LogP contribution in [0, 0.1) is 0 Å². The van der Waals surface area contributed by atoms with Crippen molar-refractivity contribution in [3.05, 3.63) is 0 Å². The number of hydrogen-bond donors (Lipinski definition) is 1. The van der Waals surface area contributed by atoms with Gasteiger partial charge < -0.3 is 14.8 Å². The number of ether oxygens (including phenoxy) is 2. The molecule has 1 aliphatic heterocycles. The molecule has 0 spiro atoms. The van der Waals surface area contributed by atoms with Crippen molar-refractivity contribution >= 4 is 17.5 Å². The molecule has 106 valence electrons. The Balaban J connectivity index is 1.99. The maximum atomic E-state index is 11.6. The molecule has 4 nitrogen and oxygen atoms in total. The van der Waals surface area contributed by atoms with E-state index in [4.69, 9.17) is 21.1 Å². The molecule has 1 rings (SSSR count). The zero-order valence-electron chi connectivity index (χ0n) is 11.1. The van der Waals surface area contributed by atoms with Gasteiger partial charge in [-0.3, -0.25) is 4.79 Å². The van der Waals surface area contributed by atoms with E-state index in [2.05, 4.69) is 5.32 Å². The van der Waals surface area contributed by atoms with Crippen LogP contribution in [0.25, 0.3) is 0 Å². The van der Waals surface area contributed by atoms with Crippen LogP contribution in [0.2, 0.25) is 0 Å². The summed E-state index contributed by atoms with van der Waals surface area (Å²) < 4.78 is 10.5. The molecule has 0 aromatic carbocycles. The van der Waals surface area contributed by atoms with Crippen LogP contribution < -0.4 is 5.32 Å². The smallest absolute Gasteiger partial charge is 0.220 e. The number of amides is 1. The number of methoxy groups -OCH3 is 1. The molecule has 2 unspecified atom stereocenters. The van der Waals surface area contributed by atoms with E-state index in [-0.39, 0.29) is 17.4 Å². The summed E-state index contributed by atoms with van der Waals surface area (Å²) in [5.41, 5.74) is 0. The van der Waals surface area contributed by atoms with Crippen molar-refractivity contribution in [3.63, 3.8) is 0 Å². The maximum Gasteiger partial charge on any atom is 0.220 e. The van der Waals surface area contributed by atoms with E-state index in [1.807, 2.05) is 0 Å². The first-order chi connectivity index (χ1) is 8.72. The third-order valence-corrected chi connectivity index (χ3v) is 3.44. The van der Waals surface area contributed by atoms with Gasteiger partial charge in [0.2, 0.25) is 5.91 Å². The molecule has 1 N–H and O–H groups in total. The molecule has 0 aromatic heterocycles. The summed E-state index contributed by atoms with van der Waals surface area (Å²) in [6.07, 6.45) is 5.84. The van der Waals surface area contributed by atoms with Gasteiger partial charge in [-0.2, -0.15) is 0 Å². The summed E-state index contributed by atoms with van der Waals surface area (Å²) >= 11 is 5.97. The Morgan fingerprint density at radius 2 is 2.39 bits per heavy atom. The van der Waals surface area contributed by atoms with E-state index >= 15 is 0 Å². The van der Waals surface area contributed by atoms with Gasteiger partial charge in [-0.25, -0.2) is 0 Å². The Kier molecular flexibility index (Phi) is 8.38. The number of nitrogens with one attached hydrogen (secondary N) is 1. The average Bonchev–Trinajstić information content (AvgIpc) is 2.38. The SMILES string of the molecule is COCC(Cl)CCNC(=O)CCC1CCCCO1. The number of carbonyl (C=O) groups is 1. The van der Waals surface area contributed by atoms with Crippen molar-refractivity contribution < 1.29 is 14.3 Å². The lowest BCUT2D eigenvalue weighted by atomic mass is 10.0. The second kappa shape index (κ2) is 9.59. The number of alkyl halides is 1. The molecule has 1 heterocycles. The number of halogens is 1. The molecule has 1 fully saturated rings. The zero-order chi connectivity index (χ0) is 13.2. The normalized spacial score (nSPS) is 21.6. The highest BCUT2D eigenvalue weighted by molar-refractivity contribution is 6.20. The monoisotopic (exact) mass is 277 g/mol. The van der Waals surface area contributed by atoms with Crippen molar-refractivity contribution in [2.75, 3.05) is 26.9 Å². The Bertz CT molecular complexity index is 232. The second-order valence-corrected chi connectivity index (χ2v) is 5.34. The van der Waals surface area contributed by atoms with Gasteiger partial charge in [-0.1, -0.05) is 0 Å². The average molecular weight is 278 g/mol. The first kappa shape index (κ1) is 15.7. The minimum absolute atomic E-state index is 0.0306. The van der Waals surface area contributed by atoms with Crippen molar-refractivity contribution in [1.29, 1.82) is 0 Å². The number of rotatable bonds is 8. The fraction of sp³-hybridized carbons (Fsp3) is 0.923. The fourth-order valence-corrected chi connectivity index (χ4v) is 2.28. The first-order valence-corrected chi connectivity index (χ1v) is 7.17. The van der Waals surface area contributed by atoms with Crippen LogP contribution in [-0.4, -0.2) is 44.3 Å². The van der Waals surface area contributed by atoms with Gasteiger partial charge in [0.1, 0.15) is 0 Å². The van der Waals surface area contributed by atoms with Crippen LogP contribution in [0.4, 0.5) is 0 Å². The van der Waals surface area contributed by atoms with Crippen molar-refractivity contribution in [2.24, 2.45) is 0 Å². The van der Waals surface area contributed by atoms with Crippen LogP contribution >= 0.6 is 11.6 Å². The van der Waals surface area contributed by atoms with Crippen LogP contribution in [0.15, 0.2) is 0 Å². The van der Waals surface area contributed by atoms with E-state index in [1.54, 1.807) is 7.11 Å². The van der Waals surface area contributed by atoms with Crippen molar-refractivity contribution in [3.8, 4) is 0 Å². The third-order valence-electron chi connectivity index (χ3n) is 3.09. The predicted molar refractivity (Wildman–Crippen MR) is 72.0 cm³/mol. The van der Waals surface area contributed by atoms with E-state index < -0.39 is 0 Å². The van der Waals surface area contributed by atoms with Crippen LogP contribution in [0.3, 0.4) is 0 Å². The van der Waals surface area contributed by atoms with Gasteiger partial charge in [0.05, 0.1) is 18.1 Å². The minimum Gasteiger partial charge on any atom is -0.383 e. The standard InChI is InChI=1S/C13H24ClNO3/c1-17-10-11(14)7-8-15-13(16)6-5-12-4-2-3-9-18-12/h11-12H,2-10H2,1H3,(H,15,16). The summed E-state index contributed by atoms with van der Waals surface area (Å²) in [4.78, 5) is 11.6. The molecule has 0 aromatic rings. The molecular formula is C13H24ClNO3. The molecule has 5 heteroatoms. The predicted octanol–water partition coefficient (Wildman–Crippen LogP) is 2.10. The van der Waals surface area contributed by atoms with Gasteiger partial charge in [-0.15, -0.1) is 11.6 Å². The zero-order valence-corrected chi connectivity index (χ0v) is 11.9. The molecule has 0 aliphatic carbocycles. The van der Waals surface area contributed by atoms with E-state index in [9.17, 15) is 4.79 Å². The molecule has 2 atom stereocenters. The topological polar surface area (TPSA) is 47.6 Å². The van der Waals surface area contributed by atoms with Crippen LogP contribution in [-0.2, 0) is 14.3 Å². The van der Waals surface area contributed by atoms with E-state index in [0.29, 0.717) is 19.6 Å². The second-order valence-electron chi connectivity index (χ2n) is 4.72. The Morgan fingerprint density at radius 1 is 1.56 bits per heavy atom. The maximum absolute atomic E-state index is 11.6. The molecule has 0 saturated carbocycles. The van der Waals surface area contributed by atoms with Gasteiger partial charge in [0.25, 0.3) is 0 Å². The highest BCUT2D eigenvalue weighted by Gasteiger charge is 2.15. The first-order valence-electron chi connectivity index (χ1n) is 6.73. The van der Waals surface area contributed by atoms with E-state index in [0.717, 1.165) is 32.3 Å². The van der Waals surface area contributed by atoms with E-state index in [1.165, 1.54) is 6.42 Å². The highest BCUT2D eigenvalue weighted by atomic mass is 35.5. The van der Waals surface area contributed by atoms with Crippen LogP contribution in [0.1, 0.15) is 38.5 Å². The quantitative estimate of drug-likeness (QED) is 0.691. The number of hydrogen-bond acceptors (Lipinski definition) is 3. The Morgan fingerprint density at radius 3 is 3.06 bits per heavy atom. The molecule has 18 heavy (non-hydrogen) atoms. The number of carbonyl (C=O) groups excluding carboxylic acids is 1. The van der Waals surface area contributed by atoms with Gasteiger partial charge >= 0.3 is 0 Å². The molecular weight excluding hydrogens is 254 g/mol. The van der Waals surface area contributed by atoms with Crippen LogP contribution in [0.5, 0.6) is 0 Å². The summed E-state index contributed by atoms with van der Waals surface area (Å²) in [6, 6.07) is 0. The minimum atomic E-state index is -0.0306. The lowest BCUT2D eigenvalue weighted by Crippen LogP contribution is -2.28. The molecule has 1 aliphatic rings. The summed E-state index contributed by atoms with van der Waals surface area (Å²) in [5, 5.41) is 2.85. The Labute approximate surface area is 114 Å². The molecule has 0 bridgehead atoms. The summed E-state index contributed by atoms with van der Waals surface area (Å²) in [7, 11) is 1.62. The summed E-state index contributed by atoms with van der Waals surface area (Å²) in [6.45, 7) is 1.98.